The standard InChI is InChI=1S/C13H19N3O2S/c1-3-4-8-18-9-7-16-12-10(14-13(16)19)5-6-11(15-12)17-2/h5-6H,3-4,7-9H2,1-2H3,(H,14,19). The first kappa shape index (κ1) is 14.0. The third-order valence-corrected chi connectivity index (χ3v) is 3.23. The molecule has 0 spiro atoms. The molecule has 2 aromatic heterocycles. The molecule has 0 saturated heterocycles. The Bertz CT molecular complexity index is 591. The van der Waals surface area contributed by atoms with Crippen LogP contribution >= 0.6 is 12.2 Å². The minimum absolute atomic E-state index is 0.585. The molecule has 2 aromatic rings. The quantitative estimate of drug-likeness (QED) is 0.626. The van der Waals surface area contributed by atoms with Crippen molar-refractivity contribution in [1.29, 1.82) is 0 Å². The maximum Gasteiger partial charge on any atom is 0.215 e. The van der Waals surface area contributed by atoms with E-state index in [1.807, 2.05) is 16.7 Å². The molecule has 0 radical (unpaired) electrons. The molecular weight excluding hydrogens is 262 g/mol. The average Bonchev–Trinajstić information content (AvgIpc) is 2.74. The number of rotatable bonds is 7. The molecular formula is C13H19N3O2S. The average molecular weight is 281 g/mol. The first-order chi connectivity index (χ1) is 9.26. The predicted molar refractivity (Wildman–Crippen MR) is 77.2 cm³/mol. The summed E-state index contributed by atoms with van der Waals surface area (Å²) in [6.07, 6.45) is 2.23. The number of unbranched alkanes of at least 4 members (excludes halogenated alkanes) is 1. The fourth-order valence-corrected chi connectivity index (χ4v) is 2.13. The first-order valence-corrected chi connectivity index (χ1v) is 6.88. The van der Waals surface area contributed by atoms with E-state index in [0.29, 0.717) is 23.8 Å². The fraction of sp³-hybridized carbons (Fsp3) is 0.538. The van der Waals surface area contributed by atoms with Gasteiger partial charge in [0.15, 0.2) is 10.4 Å². The Hall–Kier alpha value is -1.40. The monoisotopic (exact) mass is 281 g/mol. The number of pyridine rings is 1. The van der Waals surface area contributed by atoms with Gasteiger partial charge in [0.25, 0.3) is 0 Å². The van der Waals surface area contributed by atoms with E-state index < -0.39 is 0 Å². The molecule has 0 saturated carbocycles. The van der Waals surface area contributed by atoms with Crippen LogP contribution < -0.4 is 4.74 Å². The van der Waals surface area contributed by atoms with Crippen LogP contribution in [-0.2, 0) is 11.3 Å². The number of imidazole rings is 1. The van der Waals surface area contributed by atoms with Gasteiger partial charge in [-0.05, 0) is 24.7 Å². The Morgan fingerprint density at radius 3 is 2.95 bits per heavy atom. The van der Waals surface area contributed by atoms with Crippen LogP contribution in [0.1, 0.15) is 19.8 Å². The Labute approximate surface area is 117 Å². The molecule has 104 valence electrons. The highest BCUT2D eigenvalue weighted by molar-refractivity contribution is 7.71. The van der Waals surface area contributed by atoms with Crippen molar-refractivity contribution < 1.29 is 9.47 Å². The van der Waals surface area contributed by atoms with Crippen LogP contribution in [0.4, 0.5) is 0 Å². The second-order valence-electron chi connectivity index (χ2n) is 4.27. The third kappa shape index (κ3) is 3.33. The van der Waals surface area contributed by atoms with Crippen molar-refractivity contribution in [2.24, 2.45) is 0 Å². The highest BCUT2D eigenvalue weighted by atomic mass is 32.1. The highest BCUT2D eigenvalue weighted by Gasteiger charge is 2.07. The number of aromatic nitrogens is 3. The molecule has 5 nitrogen and oxygen atoms in total. The van der Waals surface area contributed by atoms with Crippen molar-refractivity contribution in [2.75, 3.05) is 20.3 Å². The molecule has 6 heteroatoms. The summed E-state index contributed by atoms with van der Waals surface area (Å²) in [5.74, 6) is 0.585. The normalized spacial score (nSPS) is 11.1. The lowest BCUT2D eigenvalue weighted by Crippen LogP contribution is -2.07. The molecule has 0 bridgehead atoms. The molecule has 0 unspecified atom stereocenters. The van der Waals surface area contributed by atoms with Crippen molar-refractivity contribution in [3.63, 3.8) is 0 Å². The maximum atomic E-state index is 5.57. The SMILES string of the molecule is CCCCOCCn1c(=S)[nH]c2ccc(OC)nc21. The number of nitrogens with zero attached hydrogens (tertiary/aromatic N) is 2. The summed E-state index contributed by atoms with van der Waals surface area (Å²) in [6.45, 7) is 4.28. The van der Waals surface area contributed by atoms with Gasteiger partial charge >= 0.3 is 0 Å². The van der Waals surface area contributed by atoms with E-state index in [0.717, 1.165) is 30.6 Å². The lowest BCUT2D eigenvalue weighted by atomic mass is 10.4. The number of hydrogen-bond donors (Lipinski definition) is 1. The van der Waals surface area contributed by atoms with Gasteiger partial charge in [0.1, 0.15) is 0 Å². The second-order valence-corrected chi connectivity index (χ2v) is 4.66. The van der Waals surface area contributed by atoms with Gasteiger partial charge in [0, 0.05) is 12.7 Å². The number of hydrogen-bond acceptors (Lipinski definition) is 4. The summed E-state index contributed by atoms with van der Waals surface area (Å²) >= 11 is 5.30. The molecule has 0 amide bonds. The number of aromatic amines is 1. The van der Waals surface area contributed by atoms with Crippen molar-refractivity contribution in [1.82, 2.24) is 14.5 Å². The number of H-pyrrole nitrogens is 1. The zero-order valence-corrected chi connectivity index (χ0v) is 12.1. The highest BCUT2D eigenvalue weighted by Crippen LogP contribution is 2.16. The van der Waals surface area contributed by atoms with Crippen LogP contribution in [0.2, 0.25) is 0 Å². The lowest BCUT2D eigenvalue weighted by molar-refractivity contribution is 0.124. The molecule has 0 aliphatic carbocycles. The van der Waals surface area contributed by atoms with Crippen LogP contribution in [0.15, 0.2) is 12.1 Å². The molecule has 2 heterocycles. The molecule has 0 fully saturated rings. The summed E-state index contributed by atoms with van der Waals surface area (Å²) in [7, 11) is 1.60. The molecule has 0 aliphatic rings. The van der Waals surface area contributed by atoms with E-state index in [1.165, 1.54) is 0 Å². The molecule has 19 heavy (non-hydrogen) atoms. The van der Waals surface area contributed by atoms with Crippen molar-refractivity contribution >= 4 is 23.4 Å². The fourth-order valence-electron chi connectivity index (χ4n) is 1.84. The van der Waals surface area contributed by atoms with Gasteiger partial charge in [-0.15, -0.1) is 0 Å². The van der Waals surface area contributed by atoms with Crippen LogP contribution in [0, 0.1) is 4.77 Å². The van der Waals surface area contributed by atoms with Gasteiger partial charge in [-0.2, -0.15) is 4.98 Å². The van der Waals surface area contributed by atoms with Gasteiger partial charge in [-0.3, -0.25) is 4.57 Å². The first-order valence-electron chi connectivity index (χ1n) is 6.47. The third-order valence-electron chi connectivity index (χ3n) is 2.90. The topological polar surface area (TPSA) is 52.1 Å². The van der Waals surface area contributed by atoms with Crippen molar-refractivity contribution in [2.45, 2.75) is 26.3 Å². The molecule has 0 aromatic carbocycles. The molecule has 0 atom stereocenters. The zero-order valence-electron chi connectivity index (χ0n) is 11.3. The summed E-state index contributed by atoms with van der Waals surface area (Å²) < 4.78 is 13.3. The van der Waals surface area contributed by atoms with Gasteiger partial charge < -0.3 is 14.5 Å². The van der Waals surface area contributed by atoms with E-state index in [9.17, 15) is 0 Å². The van der Waals surface area contributed by atoms with Crippen LogP contribution in [0.25, 0.3) is 11.2 Å². The minimum atomic E-state index is 0.585. The van der Waals surface area contributed by atoms with E-state index >= 15 is 0 Å². The van der Waals surface area contributed by atoms with Crippen molar-refractivity contribution in [3.05, 3.63) is 16.9 Å². The van der Waals surface area contributed by atoms with Gasteiger partial charge in [0.05, 0.1) is 25.8 Å². The van der Waals surface area contributed by atoms with Gasteiger partial charge in [-0.25, -0.2) is 0 Å². The lowest BCUT2D eigenvalue weighted by Gasteiger charge is -2.06. The number of methoxy groups -OCH3 is 1. The number of nitrogens with one attached hydrogen (secondary N) is 1. The van der Waals surface area contributed by atoms with Crippen LogP contribution in [-0.4, -0.2) is 34.9 Å². The summed E-state index contributed by atoms with van der Waals surface area (Å²) in [5, 5.41) is 0. The van der Waals surface area contributed by atoms with Crippen LogP contribution in [0.5, 0.6) is 5.88 Å². The summed E-state index contributed by atoms with van der Waals surface area (Å²) in [6, 6.07) is 3.74. The molecule has 0 aliphatic heterocycles. The van der Waals surface area contributed by atoms with E-state index in [-0.39, 0.29) is 0 Å². The van der Waals surface area contributed by atoms with E-state index in [1.54, 1.807) is 7.11 Å². The zero-order chi connectivity index (χ0) is 13.7. The molecule has 1 N–H and O–H groups in total. The Morgan fingerprint density at radius 2 is 2.21 bits per heavy atom. The van der Waals surface area contributed by atoms with Crippen LogP contribution in [0.3, 0.4) is 0 Å². The van der Waals surface area contributed by atoms with E-state index in [4.69, 9.17) is 21.7 Å². The predicted octanol–water partition coefficient (Wildman–Crippen LogP) is 2.92. The Kier molecular flexibility index (Phi) is 4.93. The molecule has 2 rings (SSSR count). The Balaban J connectivity index is 2.12. The van der Waals surface area contributed by atoms with Gasteiger partial charge in [0.2, 0.25) is 5.88 Å². The van der Waals surface area contributed by atoms with Gasteiger partial charge in [-0.1, -0.05) is 13.3 Å². The summed E-state index contributed by atoms with van der Waals surface area (Å²) in [4.78, 5) is 7.55. The minimum Gasteiger partial charge on any atom is -0.481 e. The van der Waals surface area contributed by atoms with E-state index in [2.05, 4.69) is 16.9 Å². The second kappa shape index (κ2) is 6.68. The number of ether oxygens (including phenoxy) is 2. The maximum absolute atomic E-state index is 5.57. The largest absolute Gasteiger partial charge is 0.481 e. The summed E-state index contributed by atoms with van der Waals surface area (Å²) in [5.41, 5.74) is 1.72. The Morgan fingerprint density at radius 1 is 1.37 bits per heavy atom. The number of fused-ring (bicyclic) bond motifs is 1. The smallest absolute Gasteiger partial charge is 0.215 e. The van der Waals surface area contributed by atoms with Crippen molar-refractivity contribution in [3.8, 4) is 5.88 Å².